The number of aliphatic hydroxyl groups excluding tert-OH is 2. The molecule has 0 bridgehead atoms. The van der Waals surface area contributed by atoms with Crippen LogP contribution in [0.1, 0.15) is 52.4 Å². The number of rotatable bonds is 2. The van der Waals surface area contributed by atoms with Gasteiger partial charge in [-0.2, -0.15) is 0 Å². The lowest BCUT2D eigenvalue weighted by atomic mass is 9.45. The van der Waals surface area contributed by atoms with Crippen molar-refractivity contribution in [2.75, 3.05) is 6.61 Å². The van der Waals surface area contributed by atoms with E-state index in [-0.39, 0.29) is 42.8 Å². The summed E-state index contributed by atoms with van der Waals surface area (Å²) >= 11 is 0. The molecule has 4 aliphatic carbocycles. The van der Waals surface area contributed by atoms with Gasteiger partial charge in [0.1, 0.15) is 18.4 Å². The molecule has 3 saturated carbocycles. The second-order valence-corrected chi connectivity index (χ2v) is 9.65. The van der Waals surface area contributed by atoms with Gasteiger partial charge in [-0.05, 0) is 66.9 Å². The van der Waals surface area contributed by atoms with Crippen LogP contribution in [-0.2, 0) is 9.59 Å². The predicted octanol–water partition coefficient (Wildman–Crippen LogP) is 1.73. The third kappa shape index (κ3) is 2.33. The van der Waals surface area contributed by atoms with Crippen molar-refractivity contribution in [1.82, 2.24) is 0 Å². The van der Waals surface area contributed by atoms with Crippen molar-refractivity contribution in [3.05, 3.63) is 11.6 Å². The number of carbonyl (C=O) groups is 2. The standard InChI is InChI=1S/C21H29FO5/c1-19-5-3-11(24)7-14(19)15(22)8-12-13-4-6-21(27,17(26)10-23)20(13,2)9-16(25)18(12)19/h7,12-13,15-16,18,23,25,27H,3-6,8-10H2,1-2H3/t12-,13-,15-,16+,18+,19-,20-,21-/m0/s1. The largest absolute Gasteiger partial charge is 0.393 e. The summed E-state index contributed by atoms with van der Waals surface area (Å²) in [6.07, 6.45) is 1.57. The summed E-state index contributed by atoms with van der Waals surface area (Å²) < 4.78 is 15.2. The molecule has 0 amide bonds. The zero-order chi connectivity index (χ0) is 19.8. The third-order valence-electron chi connectivity index (χ3n) is 8.63. The first-order valence-corrected chi connectivity index (χ1v) is 10.0. The molecule has 150 valence electrons. The number of fused-ring (bicyclic) bond motifs is 5. The minimum Gasteiger partial charge on any atom is -0.393 e. The Bertz CT molecular complexity index is 719. The molecule has 0 aromatic rings. The number of halogens is 1. The van der Waals surface area contributed by atoms with Gasteiger partial charge in [-0.3, -0.25) is 9.59 Å². The van der Waals surface area contributed by atoms with Crippen molar-refractivity contribution < 1.29 is 29.3 Å². The van der Waals surface area contributed by atoms with E-state index in [1.54, 1.807) is 0 Å². The molecule has 27 heavy (non-hydrogen) atoms. The Kier molecular flexibility index (Phi) is 4.23. The van der Waals surface area contributed by atoms with Crippen molar-refractivity contribution in [2.45, 2.75) is 70.2 Å². The Balaban J connectivity index is 1.77. The van der Waals surface area contributed by atoms with E-state index < -0.39 is 41.1 Å². The fourth-order valence-electron chi connectivity index (χ4n) is 7.29. The van der Waals surface area contributed by atoms with Gasteiger partial charge in [0.15, 0.2) is 11.6 Å². The van der Waals surface area contributed by atoms with Gasteiger partial charge in [0.2, 0.25) is 0 Å². The van der Waals surface area contributed by atoms with Crippen molar-refractivity contribution in [2.24, 2.45) is 28.6 Å². The number of carbonyl (C=O) groups excluding carboxylic acids is 2. The molecular weight excluding hydrogens is 351 g/mol. The van der Waals surface area contributed by atoms with Crippen LogP contribution >= 0.6 is 0 Å². The summed E-state index contributed by atoms with van der Waals surface area (Å²) in [5, 5.41) is 31.6. The van der Waals surface area contributed by atoms with E-state index in [1.165, 1.54) is 6.08 Å². The van der Waals surface area contributed by atoms with E-state index in [4.69, 9.17) is 0 Å². The first-order chi connectivity index (χ1) is 12.6. The number of allylic oxidation sites excluding steroid dienone is 1. The van der Waals surface area contributed by atoms with E-state index >= 15 is 4.39 Å². The van der Waals surface area contributed by atoms with Crippen LogP contribution in [0.15, 0.2) is 11.6 Å². The lowest BCUT2D eigenvalue weighted by molar-refractivity contribution is -0.185. The zero-order valence-electron chi connectivity index (χ0n) is 15.9. The molecule has 6 heteroatoms. The van der Waals surface area contributed by atoms with Crippen molar-refractivity contribution in [3.63, 3.8) is 0 Å². The van der Waals surface area contributed by atoms with Crippen LogP contribution in [0.25, 0.3) is 0 Å². The Hall–Kier alpha value is -1.11. The number of Topliss-reactive ketones (excluding diaryl/α,β-unsaturated/α-hetero) is 1. The van der Waals surface area contributed by atoms with Gasteiger partial charge in [0, 0.05) is 11.8 Å². The van der Waals surface area contributed by atoms with E-state index in [0.717, 1.165) is 0 Å². The molecule has 0 spiro atoms. The minimum atomic E-state index is -1.68. The molecule has 0 aromatic carbocycles. The van der Waals surface area contributed by atoms with Gasteiger partial charge in [-0.1, -0.05) is 13.8 Å². The maximum atomic E-state index is 15.2. The molecule has 3 N–H and O–H groups in total. The molecule has 0 heterocycles. The monoisotopic (exact) mass is 380 g/mol. The van der Waals surface area contributed by atoms with Crippen LogP contribution in [0, 0.1) is 28.6 Å². The lowest BCUT2D eigenvalue weighted by Gasteiger charge is -2.61. The van der Waals surface area contributed by atoms with Gasteiger partial charge in [-0.15, -0.1) is 0 Å². The Morgan fingerprint density at radius 3 is 2.70 bits per heavy atom. The Morgan fingerprint density at radius 2 is 2.04 bits per heavy atom. The van der Waals surface area contributed by atoms with Crippen LogP contribution in [-0.4, -0.2) is 51.4 Å². The first kappa shape index (κ1) is 19.2. The van der Waals surface area contributed by atoms with Crippen LogP contribution < -0.4 is 0 Å². The molecule has 0 aromatic heterocycles. The van der Waals surface area contributed by atoms with Gasteiger partial charge in [0.05, 0.1) is 6.10 Å². The summed E-state index contributed by atoms with van der Waals surface area (Å²) in [5.74, 6) is -1.11. The van der Waals surface area contributed by atoms with E-state index in [9.17, 15) is 24.9 Å². The lowest BCUT2D eigenvalue weighted by Crippen LogP contribution is -2.63. The van der Waals surface area contributed by atoms with Gasteiger partial charge in [0.25, 0.3) is 0 Å². The quantitative estimate of drug-likeness (QED) is 0.678. The van der Waals surface area contributed by atoms with Crippen LogP contribution in [0.3, 0.4) is 0 Å². The maximum Gasteiger partial charge on any atom is 0.190 e. The smallest absolute Gasteiger partial charge is 0.190 e. The summed E-state index contributed by atoms with van der Waals surface area (Å²) in [4.78, 5) is 24.2. The maximum absolute atomic E-state index is 15.2. The van der Waals surface area contributed by atoms with Crippen LogP contribution in [0.4, 0.5) is 4.39 Å². The van der Waals surface area contributed by atoms with Gasteiger partial charge >= 0.3 is 0 Å². The summed E-state index contributed by atoms with van der Waals surface area (Å²) in [7, 11) is 0. The van der Waals surface area contributed by atoms with E-state index in [2.05, 4.69) is 0 Å². The average Bonchev–Trinajstić information content (AvgIpc) is 2.87. The van der Waals surface area contributed by atoms with Crippen LogP contribution in [0.5, 0.6) is 0 Å². The summed E-state index contributed by atoms with van der Waals surface area (Å²) in [5.41, 5.74) is -2.61. The van der Waals surface area contributed by atoms with E-state index in [0.29, 0.717) is 24.8 Å². The molecule has 0 saturated heterocycles. The Labute approximate surface area is 158 Å². The number of hydrogen-bond donors (Lipinski definition) is 3. The molecule has 0 unspecified atom stereocenters. The molecule has 3 fully saturated rings. The molecule has 4 aliphatic rings. The molecule has 0 radical (unpaired) electrons. The van der Waals surface area contributed by atoms with Gasteiger partial charge < -0.3 is 15.3 Å². The van der Waals surface area contributed by atoms with Crippen LogP contribution in [0.2, 0.25) is 0 Å². The topological polar surface area (TPSA) is 94.8 Å². The molecule has 4 rings (SSSR count). The Morgan fingerprint density at radius 1 is 1.33 bits per heavy atom. The summed E-state index contributed by atoms with van der Waals surface area (Å²) in [6, 6.07) is 0. The molecular formula is C21H29FO5. The highest BCUT2D eigenvalue weighted by Crippen LogP contribution is 2.67. The van der Waals surface area contributed by atoms with Crippen molar-refractivity contribution in [3.8, 4) is 0 Å². The molecule has 0 aliphatic heterocycles. The fraction of sp³-hybridized carbons (Fsp3) is 0.810. The van der Waals surface area contributed by atoms with Crippen molar-refractivity contribution in [1.29, 1.82) is 0 Å². The first-order valence-electron chi connectivity index (χ1n) is 10.0. The SMILES string of the molecule is C[C@]12CCC(=O)C=C1[C@@H](F)C[C@@H]1[C@@H]2[C@H](O)C[C@@]2(C)[C@H]1CC[C@]2(O)C(=O)CO. The summed E-state index contributed by atoms with van der Waals surface area (Å²) in [6.45, 7) is 3.03. The molecule has 5 nitrogen and oxygen atoms in total. The fourth-order valence-corrected chi connectivity index (χ4v) is 7.29. The zero-order valence-corrected chi connectivity index (χ0v) is 15.9. The number of ketones is 2. The highest BCUT2D eigenvalue weighted by molar-refractivity contribution is 5.92. The number of aliphatic hydroxyl groups is 3. The predicted molar refractivity (Wildman–Crippen MR) is 95.4 cm³/mol. The van der Waals surface area contributed by atoms with Gasteiger partial charge in [-0.25, -0.2) is 4.39 Å². The highest BCUT2D eigenvalue weighted by Gasteiger charge is 2.69. The third-order valence-corrected chi connectivity index (χ3v) is 8.63. The normalized spacial score (nSPS) is 51.9. The van der Waals surface area contributed by atoms with E-state index in [1.807, 2.05) is 13.8 Å². The highest BCUT2D eigenvalue weighted by atomic mass is 19.1. The molecule has 8 atom stereocenters. The minimum absolute atomic E-state index is 0.0532. The average molecular weight is 380 g/mol. The van der Waals surface area contributed by atoms with Crippen molar-refractivity contribution >= 4 is 11.6 Å². The second kappa shape index (κ2) is 5.94. The second-order valence-electron chi connectivity index (χ2n) is 9.65. The number of hydrogen-bond acceptors (Lipinski definition) is 5. The number of alkyl halides is 1.